The Morgan fingerprint density at radius 1 is 1.11 bits per heavy atom. The molecular weight excluding hydrogens is 345 g/mol. The number of phenols is 1. The fourth-order valence-electron chi connectivity index (χ4n) is 3.20. The van der Waals surface area contributed by atoms with Crippen LogP contribution >= 0.6 is 0 Å². The van der Waals surface area contributed by atoms with Crippen molar-refractivity contribution in [3.8, 4) is 5.75 Å². The molecule has 0 unspecified atom stereocenters. The zero-order chi connectivity index (χ0) is 19.9. The van der Waals surface area contributed by atoms with Crippen LogP contribution in [0.2, 0.25) is 0 Å². The monoisotopic (exact) mass is 367 g/mol. The normalized spacial score (nSPS) is 11.7. The van der Waals surface area contributed by atoms with E-state index in [1.54, 1.807) is 19.1 Å². The van der Waals surface area contributed by atoms with Crippen molar-refractivity contribution in [2.45, 2.75) is 34.1 Å². The van der Waals surface area contributed by atoms with Crippen LogP contribution in [-0.2, 0) is 6.42 Å². The number of aromatic hydroxyl groups is 1. The third-order valence-corrected chi connectivity index (χ3v) is 4.75. The number of hydrogen-bond donors (Lipinski definition) is 2. The van der Waals surface area contributed by atoms with Crippen molar-refractivity contribution >= 4 is 16.7 Å². The van der Waals surface area contributed by atoms with Crippen LogP contribution in [0.25, 0.3) is 10.9 Å². The van der Waals surface area contributed by atoms with Crippen LogP contribution in [0.3, 0.4) is 0 Å². The Kier molecular flexibility index (Phi) is 4.64. The van der Waals surface area contributed by atoms with Gasteiger partial charge in [-0.05, 0) is 30.2 Å². The quantitative estimate of drug-likeness (QED) is 0.670. The van der Waals surface area contributed by atoms with Crippen molar-refractivity contribution in [3.05, 3.63) is 74.8 Å². The molecule has 0 fully saturated rings. The predicted octanol–water partition coefficient (Wildman–Crippen LogP) is 4.50. The van der Waals surface area contributed by atoms with Gasteiger partial charge >= 0.3 is 0 Å². The highest BCUT2D eigenvalue weighted by molar-refractivity contribution is 5.99. The van der Waals surface area contributed by atoms with Gasteiger partial charge < -0.3 is 10.1 Å². The van der Waals surface area contributed by atoms with E-state index in [2.05, 4.69) is 4.98 Å². The van der Waals surface area contributed by atoms with Crippen molar-refractivity contribution < 1.29 is 14.3 Å². The maximum Gasteiger partial charge on any atom is 0.252 e. The van der Waals surface area contributed by atoms with E-state index in [9.17, 15) is 19.1 Å². The minimum Gasteiger partial charge on any atom is -0.507 e. The number of aromatic nitrogens is 1. The average molecular weight is 367 g/mol. The molecule has 0 aliphatic heterocycles. The number of aryl methyl sites for hydroxylation is 1. The number of carbonyl (C=O) groups excluding carboxylic acids is 1. The Balaban J connectivity index is 2.01. The van der Waals surface area contributed by atoms with Crippen LogP contribution in [0, 0.1) is 18.2 Å². The Bertz CT molecular complexity index is 1090. The van der Waals surface area contributed by atoms with Gasteiger partial charge in [-0.3, -0.25) is 9.59 Å². The van der Waals surface area contributed by atoms with Crippen LogP contribution in [0.15, 0.2) is 41.2 Å². The molecule has 1 heterocycles. The SMILES string of the molecule is Cc1c(Cc2ccc(C(=O)C(C)(C)C)cc2)c(=O)[nH]c2c(F)ccc(O)c12. The van der Waals surface area contributed by atoms with Gasteiger partial charge in [0.2, 0.25) is 0 Å². The summed E-state index contributed by atoms with van der Waals surface area (Å²) in [5, 5.41) is 10.4. The maximum absolute atomic E-state index is 14.0. The summed E-state index contributed by atoms with van der Waals surface area (Å²) < 4.78 is 14.0. The third kappa shape index (κ3) is 3.50. The summed E-state index contributed by atoms with van der Waals surface area (Å²) in [4.78, 5) is 27.3. The van der Waals surface area contributed by atoms with Crippen LogP contribution in [0.4, 0.5) is 4.39 Å². The molecule has 140 valence electrons. The average Bonchev–Trinajstić information content (AvgIpc) is 2.60. The van der Waals surface area contributed by atoms with Gasteiger partial charge in [-0.25, -0.2) is 4.39 Å². The van der Waals surface area contributed by atoms with Crippen LogP contribution in [-0.4, -0.2) is 15.9 Å². The van der Waals surface area contributed by atoms with Crippen LogP contribution in [0.1, 0.15) is 47.8 Å². The van der Waals surface area contributed by atoms with E-state index in [0.717, 1.165) is 11.6 Å². The number of pyridine rings is 1. The molecule has 0 aliphatic carbocycles. The molecule has 0 saturated heterocycles. The lowest BCUT2D eigenvalue weighted by atomic mass is 9.86. The Morgan fingerprint density at radius 3 is 2.33 bits per heavy atom. The lowest BCUT2D eigenvalue weighted by Crippen LogP contribution is -2.20. The summed E-state index contributed by atoms with van der Waals surface area (Å²) in [6, 6.07) is 9.54. The second-order valence-electron chi connectivity index (χ2n) is 7.83. The van der Waals surface area contributed by atoms with Gasteiger partial charge in [0.1, 0.15) is 11.6 Å². The van der Waals surface area contributed by atoms with E-state index in [4.69, 9.17) is 0 Å². The number of hydrogen-bond acceptors (Lipinski definition) is 3. The highest BCUT2D eigenvalue weighted by atomic mass is 19.1. The van der Waals surface area contributed by atoms with E-state index in [1.165, 1.54) is 6.07 Å². The molecule has 0 amide bonds. The summed E-state index contributed by atoms with van der Waals surface area (Å²) >= 11 is 0. The maximum atomic E-state index is 14.0. The Hall–Kier alpha value is -2.95. The number of carbonyl (C=O) groups is 1. The number of H-pyrrole nitrogens is 1. The molecule has 0 atom stereocenters. The first-order chi connectivity index (χ1) is 12.6. The van der Waals surface area contributed by atoms with Gasteiger partial charge in [-0.15, -0.1) is 0 Å². The van der Waals surface area contributed by atoms with Gasteiger partial charge in [-0.1, -0.05) is 45.0 Å². The summed E-state index contributed by atoms with van der Waals surface area (Å²) in [6.07, 6.45) is 0.317. The van der Waals surface area contributed by atoms with Gasteiger partial charge in [0, 0.05) is 28.3 Å². The van der Waals surface area contributed by atoms with Gasteiger partial charge in [-0.2, -0.15) is 0 Å². The summed E-state index contributed by atoms with van der Waals surface area (Å²) in [7, 11) is 0. The first kappa shape index (κ1) is 18.8. The van der Waals surface area contributed by atoms with E-state index in [1.807, 2.05) is 32.9 Å². The fourth-order valence-corrected chi connectivity index (χ4v) is 3.20. The smallest absolute Gasteiger partial charge is 0.252 e. The van der Waals surface area contributed by atoms with Crippen LogP contribution in [0.5, 0.6) is 5.75 Å². The second-order valence-corrected chi connectivity index (χ2v) is 7.83. The number of rotatable bonds is 3. The van der Waals surface area contributed by atoms with Crippen molar-refractivity contribution in [2.75, 3.05) is 0 Å². The van der Waals surface area contributed by atoms with Gasteiger partial charge in [0.25, 0.3) is 5.56 Å². The number of ketones is 1. The van der Waals surface area contributed by atoms with Gasteiger partial charge in [0.05, 0.1) is 5.52 Å². The number of halogens is 1. The number of nitrogens with one attached hydrogen (secondary N) is 1. The Morgan fingerprint density at radius 2 is 1.74 bits per heavy atom. The molecule has 2 aromatic carbocycles. The first-order valence-corrected chi connectivity index (χ1v) is 8.76. The lowest BCUT2D eigenvalue weighted by Gasteiger charge is -2.16. The molecule has 0 bridgehead atoms. The standard InChI is InChI=1S/C22H22FNO3/c1-12-15(21(27)24-19-16(23)9-10-17(25)18(12)19)11-13-5-7-14(8-6-13)20(26)22(2,3)4/h5-10,25H,11H2,1-4H3,(H,24,27). The van der Waals surface area contributed by atoms with Gasteiger partial charge in [0.15, 0.2) is 5.78 Å². The first-order valence-electron chi connectivity index (χ1n) is 8.76. The predicted molar refractivity (Wildman–Crippen MR) is 104 cm³/mol. The molecular formula is C22H22FNO3. The number of phenolic OH excluding ortho intramolecular Hbond substituents is 1. The van der Waals surface area contributed by atoms with E-state index in [-0.39, 0.29) is 22.6 Å². The molecule has 0 radical (unpaired) electrons. The van der Waals surface area contributed by atoms with Crippen molar-refractivity contribution in [3.63, 3.8) is 0 Å². The molecule has 3 aromatic rings. The minimum absolute atomic E-state index is 0.00683. The highest BCUT2D eigenvalue weighted by Gasteiger charge is 2.22. The number of fused-ring (bicyclic) bond motifs is 1. The molecule has 4 nitrogen and oxygen atoms in total. The number of Topliss-reactive ketones (excluding diaryl/α,β-unsaturated/α-hetero) is 1. The minimum atomic E-state index is -0.584. The largest absolute Gasteiger partial charge is 0.507 e. The van der Waals surface area contributed by atoms with Crippen molar-refractivity contribution in [2.24, 2.45) is 5.41 Å². The molecule has 2 N–H and O–H groups in total. The summed E-state index contributed by atoms with van der Waals surface area (Å²) in [5.74, 6) is -0.610. The molecule has 5 heteroatoms. The van der Waals surface area contributed by atoms with Crippen molar-refractivity contribution in [1.82, 2.24) is 4.98 Å². The summed E-state index contributed by atoms with van der Waals surface area (Å²) in [5.41, 5.74) is 1.62. The number of aromatic amines is 1. The lowest BCUT2D eigenvalue weighted by molar-refractivity contribution is 0.0858. The fraction of sp³-hybridized carbons (Fsp3) is 0.273. The molecule has 0 saturated carbocycles. The topological polar surface area (TPSA) is 70.2 Å². The zero-order valence-electron chi connectivity index (χ0n) is 15.8. The molecule has 3 rings (SSSR count). The van der Waals surface area contributed by atoms with Crippen molar-refractivity contribution in [1.29, 1.82) is 0 Å². The Labute approximate surface area is 156 Å². The van der Waals surface area contributed by atoms with Crippen LogP contribution < -0.4 is 5.56 Å². The summed E-state index contributed by atoms with van der Waals surface area (Å²) in [6.45, 7) is 7.30. The highest BCUT2D eigenvalue weighted by Crippen LogP contribution is 2.29. The second kappa shape index (κ2) is 6.65. The number of benzene rings is 2. The molecule has 0 spiro atoms. The molecule has 1 aromatic heterocycles. The van der Waals surface area contributed by atoms with E-state index in [0.29, 0.717) is 28.5 Å². The third-order valence-electron chi connectivity index (χ3n) is 4.75. The van der Waals surface area contributed by atoms with E-state index < -0.39 is 11.2 Å². The zero-order valence-corrected chi connectivity index (χ0v) is 15.8. The molecule has 0 aliphatic rings. The van der Waals surface area contributed by atoms with E-state index >= 15 is 0 Å². The molecule has 27 heavy (non-hydrogen) atoms.